The van der Waals surface area contributed by atoms with E-state index >= 15 is 0 Å². The number of aromatic carboxylic acids is 1. The normalized spacial score (nSPS) is 10.5. The molecule has 0 fully saturated rings. The summed E-state index contributed by atoms with van der Waals surface area (Å²) in [7, 11) is 0. The Kier molecular flexibility index (Phi) is 2.85. The molecule has 0 aliphatic rings. The number of hydrogen-bond donors (Lipinski definition) is 1. The van der Waals surface area contributed by atoms with Crippen LogP contribution >= 0.6 is 11.6 Å². The number of nitrogens with zero attached hydrogens (tertiary/aromatic N) is 1. The van der Waals surface area contributed by atoms with Crippen molar-refractivity contribution >= 4 is 17.6 Å². The van der Waals surface area contributed by atoms with Gasteiger partial charge >= 0.3 is 5.97 Å². The van der Waals surface area contributed by atoms with Crippen molar-refractivity contribution in [2.45, 2.75) is 6.92 Å². The van der Waals surface area contributed by atoms with Crippen LogP contribution in [0.1, 0.15) is 16.2 Å². The van der Waals surface area contributed by atoms with E-state index in [0.717, 1.165) is 6.07 Å². The fraction of sp³-hybridized carbons (Fsp3) is 0.0909. The van der Waals surface area contributed by atoms with Crippen LogP contribution < -0.4 is 0 Å². The highest BCUT2D eigenvalue weighted by molar-refractivity contribution is 6.31. The molecule has 2 rings (SSSR count). The van der Waals surface area contributed by atoms with Gasteiger partial charge in [0.1, 0.15) is 11.6 Å². The largest absolute Gasteiger partial charge is 0.476 e. The maximum Gasteiger partial charge on any atom is 0.358 e. The van der Waals surface area contributed by atoms with E-state index in [1.165, 1.54) is 19.1 Å². The molecule has 0 saturated carbocycles. The van der Waals surface area contributed by atoms with Crippen LogP contribution in [-0.2, 0) is 0 Å². The van der Waals surface area contributed by atoms with Crippen molar-refractivity contribution in [1.82, 2.24) is 4.98 Å². The standard InChI is InChI=1S/C11H7ClFNO3/c1-5-9(11(15)16)14-10(17-5)6-2-3-8(13)7(12)4-6/h2-4H,1H3,(H,15,16). The van der Waals surface area contributed by atoms with Crippen molar-refractivity contribution in [3.8, 4) is 11.5 Å². The van der Waals surface area contributed by atoms with Crippen molar-refractivity contribution < 1.29 is 18.7 Å². The highest BCUT2D eigenvalue weighted by Crippen LogP contribution is 2.25. The van der Waals surface area contributed by atoms with Crippen molar-refractivity contribution in [2.24, 2.45) is 0 Å². The third-order valence-corrected chi connectivity index (χ3v) is 2.46. The Bertz CT molecular complexity index is 594. The molecule has 0 atom stereocenters. The minimum absolute atomic E-state index is 0.0739. The molecule has 0 aliphatic carbocycles. The summed E-state index contributed by atoms with van der Waals surface area (Å²) in [6.07, 6.45) is 0. The lowest BCUT2D eigenvalue weighted by molar-refractivity contribution is 0.0689. The first-order valence-corrected chi connectivity index (χ1v) is 5.03. The zero-order valence-electron chi connectivity index (χ0n) is 8.70. The van der Waals surface area contributed by atoms with Crippen LogP contribution in [0, 0.1) is 12.7 Å². The van der Waals surface area contributed by atoms with E-state index in [0.29, 0.717) is 5.56 Å². The van der Waals surface area contributed by atoms with E-state index in [2.05, 4.69) is 4.98 Å². The predicted molar refractivity (Wildman–Crippen MR) is 58.6 cm³/mol. The van der Waals surface area contributed by atoms with Crippen molar-refractivity contribution in [3.63, 3.8) is 0 Å². The molecule has 1 aromatic heterocycles. The quantitative estimate of drug-likeness (QED) is 0.895. The summed E-state index contributed by atoms with van der Waals surface area (Å²) in [5, 5.41) is 8.74. The van der Waals surface area contributed by atoms with Crippen LogP contribution in [0.2, 0.25) is 5.02 Å². The van der Waals surface area contributed by atoms with E-state index in [9.17, 15) is 9.18 Å². The van der Waals surface area contributed by atoms with Gasteiger partial charge in [-0.2, -0.15) is 0 Å². The summed E-state index contributed by atoms with van der Waals surface area (Å²) < 4.78 is 18.1. The van der Waals surface area contributed by atoms with E-state index in [1.54, 1.807) is 0 Å². The molecule has 0 aliphatic heterocycles. The van der Waals surface area contributed by atoms with Crippen LogP contribution in [0.3, 0.4) is 0 Å². The van der Waals surface area contributed by atoms with Gasteiger partial charge in [0.05, 0.1) is 5.02 Å². The molecule has 0 saturated heterocycles. The van der Waals surface area contributed by atoms with Gasteiger partial charge in [-0.3, -0.25) is 0 Å². The lowest BCUT2D eigenvalue weighted by atomic mass is 10.2. The average Bonchev–Trinajstić information content (AvgIpc) is 2.64. The third kappa shape index (κ3) is 2.14. The zero-order chi connectivity index (χ0) is 12.6. The van der Waals surface area contributed by atoms with Crippen LogP contribution in [0.4, 0.5) is 4.39 Å². The third-order valence-electron chi connectivity index (χ3n) is 2.17. The second-order valence-corrected chi connectivity index (χ2v) is 3.77. The van der Waals surface area contributed by atoms with Gasteiger partial charge < -0.3 is 9.52 Å². The van der Waals surface area contributed by atoms with E-state index in [-0.39, 0.29) is 22.4 Å². The van der Waals surface area contributed by atoms with Gasteiger partial charge in [0, 0.05) is 5.56 Å². The molecule has 1 aromatic carbocycles. The molecule has 0 bridgehead atoms. The Morgan fingerprint density at radius 1 is 1.53 bits per heavy atom. The second-order valence-electron chi connectivity index (χ2n) is 3.36. The first-order valence-electron chi connectivity index (χ1n) is 4.65. The highest BCUT2D eigenvalue weighted by atomic mass is 35.5. The minimum atomic E-state index is -1.18. The van der Waals surface area contributed by atoms with Crippen molar-refractivity contribution in [3.05, 3.63) is 40.5 Å². The summed E-state index contributed by atoms with van der Waals surface area (Å²) in [5.41, 5.74) is 0.257. The van der Waals surface area contributed by atoms with Crippen LogP contribution in [-0.4, -0.2) is 16.1 Å². The Morgan fingerprint density at radius 2 is 2.24 bits per heavy atom. The molecular formula is C11H7ClFNO3. The molecule has 1 N–H and O–H groups in total. The number of carbonyl (C=O) groups is 1. The fourth-order valence-electron chi connectivity index (χ4n) is 1.35. The summed E-state index contributed by atoms with van der Waals surface area (Å²) in [4.78, 5) is 14.6. The number of carboxylic acids is 1. The van der Waals surface area contributed by atoms with Crippen molar-refractivity contribution in [1.29, 1.82) is 0 Å². The maximum atomic E-state index is 13.0. The van der Waals surface area contributed by atoms with Crippen LogP contribution in [0.15, 0.2) is 22.6 Å². The molecule has 6 heteroatoms. The van der Waals surface area contributed by atoms with Gasteiger partial charge in [0.2, 0.25) is 5.89 Å². The number of benzene rings is 1. The van der Waals surface area contributed by atoms with Gasteiger partial charge in [-0.1, -0.05) is 11.6 Å². The molecule has 88 valence electrons. The van der Waals surface area contributed by atoms with Gasteiger partial charge in [0.25, 0.3) is 0 Å². The molecule has 4 nitrogen and oxygen atoms in total. The molecule has 0 amide bonds. The number of hydrogen-bond acceptors (Lipinski definition) is 3. The Morgan fingerprint density at radius 3 is 2.76 bits per heavy atom. The van der Waals surface area contributed by atoms with Crippen molar-refractivity contribution in [2.75, 3.05) is 0 Å². The van der Waals surface area contributed by atoms with Crippen LogP contribution in [0.25, 0.3) is 11.5 Å². The van der Waals surface area contributed by atoms with E-state index in [4.69, 9.17) is 21.1 Å². The molecule has 2 aromatic rings. The SMILES string of the molecule is Cc1oc(-c2ccc(F)c(Cl)c2)nc1C(=O)O. The van der Waals surface area contributed by atoms with Gasteiger partial charge in [0.15, 0.2) is 5.69 Å². The first kappa shape index (κ1) is 11.6. The molecular weight excluding hydrogens is 249 g/mol. The smallest absolute Gasteiger partial charge is 0.358 e. The molecule has 0 unspecified atom stereocenters. The lowest BCUT2D eigenvalue weighted by Gasteiger charge is -1.97. The number of carboxylic acid groups (broad SMARTS) is 1. The summed E-state index contributed by atoms with van der Waals surface area (Å²) in [5.74, 6) is -1.45. The Hall–Kier alpha value is -1.88. The lowest BCUT2D eigenvalue weighted by Crippen LogP contribution is -1.98. The van der Waals surface area contributed by atoms with E-state index in [1.807, 2.05) is 0 Å². The number of oxazole rings is 1. The number of aryl methyl sites for hydroxylation is 1. The average molecular weight is 256 g/mol. The fourth-order valence-corrected chi connectivity index (χ4v) is 1.53. The molecule has 17 heavy (non-hydrogen) atoms. The first-order chi connectivity index (χ1) is 7.99. The number of aromatic nitrogens is 1. The van der Waals surface area contributed by atoms with Gasteiger partial charge in [-0.05, 0) is 25.1 Å². The Balaban J connectivity index is 2.50. The maximum absolute atomic E-state index is 13.0. The summed E-state index contributed by atoms with van der Waals surface area (Å²) in [6.45, 7) is 1.49. The zero-order valence-corrected chi connectivity index (χ0v) is 9.45. The highest BCUT2D eigenvalue weighted by Gasteiger charge is 2.17. The molecule has 0 radical (unpaired) electrons. The second kappa shape index (κ2) is 4.18. The number of rotatable bonds is 2. The summed E-state index contributed by atoms with van der Waals surface area (Å²) >= 11 is 5.61. The van der Waals surface area contributed by atoms with Gasteiger partial charge in [-0.25, -0.2) is 14.2 Å². The minimum Gasteiger partial charge on any atom is -0.476 e. The molecule has 1 heterocycles. The van der Waals surface area contributed by atoms with Gasteiger partial charge in [-0.15, -0.1) is 0 Å². The Labute approximate surface area is 101 Å². The van der Waals surface area contributed by atoms with E-state index < -0.39 is 11.8 Å². The van der Waals surface area contributed by atoms with Crippen LogP contribution in [0.5, 0.6) is 0 Å². The predicted octanol–water partition coefficient (Wildman–Crippen LogP) is 3.14. The summed E-state index contributed by atoms with van der Waals surface area (Å²) in [6, 6.07) is 3.91. The topological polar surface area (TPSA) is 63.3 Å². The monoisotopic (exact) mass is 255 g/mol. The number of halogens is 2. The molecule has 0 spiro atoms.